The number of methoxy groups -OCH3 is 1. The third kappa shape index (κ3) is 4.90. The predicted octanol–water partition coefficient (Wildman–Crippen LogP) is 3.65. The Morgan fingerprint density at radius 1 is 1.03 bits per heavy atom. The fraction of sp³-hybridized carbons (Fsp3) is 0.409. The van der Waals surface area contributed by atoms with Gasteiger partial charge in [-0.2, -0.15) is 0 Å². The highest BCUT2D eigenvalue weighted by atomic mass is 32.2. The third-order valence-electron chi connectivity index (χ3n) is 5.07. The van der Waals surface area contributed by atoms with Gasteiger partial charge in [-0.1, -0.05) is 13.0 Å². The van der Waals surface area contributed by atoms with Crippen molar-refractivity contribution in [3.63, 3.8) is 0 Å². The molecule has 0 saturated carbocycles. The second-order valence-corrected chi connectivity index (χ2v) is 8.95. The minimum absolute atomic E-state index is 0.258. The van der Waals surface area contributed by atoms with Gasteiger partial charge in [-0.25, -0.2) is 8.42 Å². The molecule has 0 saturated heterocycles. The standard InChI is InChI=1S/C22H30N2O4S/c1-7-12-23-21(25)14-24(19-8-10-20(28-6)11-9-19)29(26,27)22-17(4)15(2)13-16(3)18(22)5/h8-11,13H,7,12,14H2,1-6H3,(H,23,25). The zero-order chi connectivity index (χ0) is 21.8. The molecule has 0 bridgehead atoms. The molecule has 0 aromatic heterocycles. The number of carbonyl (C=O) groups excluding carboxylic acids is 1. The van der Waals surface area contributed by atoms with Crippen molar-refractivity contribution in [2.24, 2.45) is 0 Å². The summed E-state index contributed by atoms with van der Waals surface area (Å²) in [7, 11) is -2.42. The molecule has 1 amide bonds. The number of sulfonamides is 1. The van der Waals surface area contributed by atoms with E-state index in [1.54, 1.807) is 45.2 Å². The molecule has 158 valence electrons. The number of carbonyl (C=O) groups is 1. The van der Waals surface area contributed by atoms with Crippen molar-refractivity contribution in [3.8, 4) is 5.75 Å². The lowest BCUT2D eigenvalue weighted by molar-refractivity contribution is -0.119. The van der Waals surface area contributed by atoms with E-state index in [-0.39, 0.29) is 17.3 Å². The number of amides is 1. The van der Waals surface area contributed by atoms with E-state index < -0.39 is 10.0 Å². The van der Waals surface area contributed by atoms with E-state index in [0.29, 0.717) is 29.1 Å². The van der Waals surface area contributed by atoms with Gasteiger partial charge in [0.05, 0.1) is 17.7 Å². The summed E-state index contributed by atoms with van der Waals surface area (Å²) in [6.07, 6.45) is 0.774. The molecule has 7 heteroatoms. The number of rotatable bonds is 8. The van der Waals surface area contributed by atoms with Crippen LogP contribution in [-0.4, -0.2) is 34.5 Å². The highest BCUT2D eigenvalue weighted by molar-refractivity contribution is 7.93. The lowest BCUT2D eigenvalue weighted by Gasteiger charge is -2.27. The summed E-state index contributed by atoms with van der Waals surface area (Å²) in [5.41, 5.74) is 3.60. The number of ether oxygens (including phenoxy) is 1. The Balaban J connectivity index is 2.61. The average Bonchev–Trinajstić information content (AvgIpc) is 2.69. The summed E-state index contributed by atoms with van der Waals surface area (Å²) < 4.78 is 33.9. The average molecular weight is 419 g/mol. The first kappa shape index (κ1) is 22.7. The Labute approximate surface area is 173 Å². The fourth-order valence-electron chi connectivity index (χ4n) is 3.19. The molecule has 0 radical (unpaired) electrons. The second-order valence-electron chi connectivity index (χ2n) is 7.15. The number of nitrogens with one attached hydrogen (secondary N) is 1. The van der Waals surface area contributed by atoms with Crippen LogP contribution in [0.5, 0.6) is 5.75 Å². The number of hydrogen-bond acceptors (Lipinski definition) is 4. The molecule has 0 atom stereocenters. The van der Waals surface area contributed by atoms with Crippen LogP contribution in [0.15, 0.2) is 35.2 Å². The smallest absolute Gasteiger partial charge is 0.265 e. The van der Waals surface area contributed by atoms with Crippen molar-refractivity contribution in [2.45, 2.75) is 45.9 Å². The van der Waals surface area contributed by atoms with Crippen LogP contribution in [0.2, 0.25) is 0 Å². The molecule has 0 spiro atoms. The molecule has 29 heavy (non-hydrogen) atoms. The van der Waals surface area contributed by atoms with E-state index in [1.165, 1.54) is 4.31 Å². The lowest BCUT2D eigenvalue weighted by atomic mass is 10.0. The molecule has 2 aromatic carbocycles. The number of benzene rings is 2. The number of aryl methyl sites for hydroxylation is 2. The Kier molecular flexibility index (Phi) is 7.30. The topological polar surface area (TPSA) is 75.7 Å². The van der Waals surface area contributed by atoms with E-state index in [4.69, 9.17) is 4.74 Å². The maximum absolute atomic E-state index is 13.8. The maximum Gasteiger partial charge on any atom is 0.265 e. The third-order valence-corrected chi connectivity index (χ3v) is 7.11. The Morgan fingerprint density at radius 3 is 2.07 bits per heavy atom. The molecule has 0 fully saturated rings. The monoisotopic (exact) mass is 418 g/mol. The van der Waals surface area contributed by atoms with Crippen molar-refractivity contribution in [2.75, 3.05) is 24.5 Å². The predicted molar refractivity (Wildman–Crippen MR) is 116 cm³/mol. The van der Waals surface area contributed by atoms with Crippen LogP contribution in [0.1, 0.15) is 35.6 Å². The second kappa shape index (κ2) is 9.31. The van der Waals surface area contributed by atoms with Gasteiger partial charge in [0.1, 0.15) is 12.3 Å². The van der Waals surface area contributed by atoms with Crippen LogP contribution in [0, 0.1) is 27.7 Å². The van der Waals surface area contributed by atoms with Crippen molar-refractivity contribution in [1.82, 2.24) is 5.32 Å². The highest BCUT2D eigenvalue weighted by Gasteiger charge is 2.31. The molecule has 0 aliphatic rings. The maximum atomic E-state index is 13.8. The minimum atomic E-state index is -3.97. The summed E-state index contributed by atoms with van der Waals surface area (Å²) in [6, 6.07) is 8.65. The van der Waals surface area contributed by atoms with Gasteiger partial charge < -0.3 is 10.1 Å². The van der Waals surface area contributed by atoms with E-state index in [2.05, 4.69) is 5.32 Å². The molecule has 0 aliphatic heterocycles. The van der Waals surface area contributed by atoms with E-state index in [1.807, 2.05) is 26.8 Å². The van der Waals surface area contributed by atoms with Crippen LogP contribution >= 0.6 is 0 Å². The molecule has 0 heterocycles. The lowest BCUT2D eigenvalue weighted by Crippen LogP contribution is -2.41. The minimum Gasteiger partial charge on any atom is -0.497 e. The van der Waals surface area contributed by atoms with Gasteiger partial charge in [0.2, 0.25) is 5.91 Å². The Hall–Kier alpha value is -2.54. The zero-order valence-electron chi connectivity index (χ0n) is 18.0. The van der Waals surface area contributed by atoms with Crippen LogP contribution in [0.25, 0.3) is 0 Å². The first-order chi connectivity index (χ1) is 13.6. The Bertz CT molecular complexity index is 957. The SMILES string of the molecule is CCCNC(=O)CN(c1ccc(OC)cc1)S(=O)(=O)c1c(C)c(C)cc(C)c1C. The highest BCUT2D eigenvalue weighted by Crippen LogP contribution is 2.32. The van der Waals surface area contributed by atoms with Crippen LogP contribution in [0.4, 0.5) is 5.69 Å². The molecular weight excluding hydrogens is 388 g/mol. The molecule has 1 N–H and O–H groups in total. The summed E-state index contributed by atoms with van der Waals surface area (Å²) >= 11 is 0. The van der Waals surface area contributed by atoms with Gasteiger partial charge in [-0.3, -0.25) is 9.10 Å². The molecular formula is C22H30N2O4S. The van der Waals surface area contributed by atoms with Crippen LogP contribution in [0.3, 0.4) is 0 Å². The number of anilines is 1. The normalized spacial score (nSPS) is 11.2. The van der Waals surface area contributed by atoms with Gasteiger partial charge in [-0.05, 0) is 80.6 Å². The van der Waals surface area contributed by atoms with Crippen molar-refractivity contribution in [3.05, 3.63) is 52.6 Å². The Morgan fingerprint density at radius 2 is 1.59 bits per heavy atom. The molecule has 2 aromatic rings. The quantitative estimate of drug-likeness (QED) is 0.710. The molecule has 6 nitrogen and oxygen atoms in total. The summed E-state index contributed by atoms with van der Waals surface area (Å²) in [4.78, 5) is 12.7. The van der Waals surface area contributed by atoms with Crippen molar-refractivity contribution >= 4 is 21.6 Å². The van der Waals surface area contributed by atoms with Crippen LogP contribution < -0.4 is 14.4 Å². The van der Waals surface area contributed by atoms with Gasteiger partial charge in [0.25, 0.3) is 10.0 Å². The fourth-order valence-corrected chi connectivity index (χ4v) is 5.19. The zero-order valence-corrected chi connectivity index (χ0v) is 18.8. The number of nitrogens with zero attached hydrogens (tertiary/aromatic N) is 1. The largest absolute Gasteiger partial charge is 0.497 e. The molecule has 0 aliphatic carbocycles. The van der Waals surface area contributed by atoms with Gasteiger partial charge >= 0.3 is 0 Å². The van der Waals surface area contributed by atoms with E-state index >= 15 is 0 Å². The van der Waals surface area contributed by atoms with Gasteiger partial charge in [0, 0.05) is 6.54 Å². The molecule has 2 rings (SSSR count). The van der Waals surface area contributed by atoms with Crippen molar-refractivity contribution < 1.29 is 17.9 Å². The summed E-state index contributed by atoms with van der Waals surface area (Å²) in [5, 5.41) is 2.76. The van der Waals surface area contributed by atoms with E-state index in [9.17, 15) is 13.2 Å². The van der Waals surface area contributed by atoms with E-state index in [0.717, 1.165) is 17.5 Å². The molecule has 0 unspecified atom stereocenters. The number of hydrogen-bond donors (Lipinski definition) is 1. The van der Waals surface area contributed by atoms with Crippen LogP contribution in [-0.2, 0) is 14.8 Å². The first-order valence-corrected chi connectivity index (χ1v) is 11.1. The van der Waals surface area contributed by atoms with Crippen molar-refractivity contribution in [1.29, 1.82) is 0 Å². The first-order valence-electron chi connectivity index (χ1n) is 9.64. The van der Waals surface area contributed by atoms with Gasteiger partial charge in [0.15, 0.2) is 0 Å². The van der Waals surface area contributed by atoms with Gasteiger partial charge in [-0.15, -0.1) is 0 Å². The summed E-state index contributed by atoms with van der Waals surface area (Å²) in [5.74, 6) is 0.270. The summed E-state index contributed by atoms with van der Waals surface area (Å²) in [6.45, 7) is 9.55.